The number of nitrogens with zero attached hydrogens (tertiary/aromatic N) is 3. The fraction of sp³-hybridized carbons (Fsp3) is 0.0328. The van der Waals surface area contributed by atoms with Crippen LogP contribution in [0.1, 0.15) is 17.5 Å². The maximum Gasteiger partial charge on any atom is 0.164 e. The number of hydrogen-bond acceptors (Lipinski definition) is 5. The molecule has 1 aliphatic carbocycles. The second-order valence-electron chi connectivity index (χ2n) is 17.0. The Morgan fingerprint density at radius 3 is 1.61 bits per heavy atom. The van der Waals surface area contributed by atoms with Crippen LogP contribution in [0.3, 0.4) is 0 Å². The molecule has 0 aliphatic heterocycles. The van der Waals surface area contributed by atoms with Crippen LogP contribution in [0.5, 0.6) is 0 Å². The molecule has 0 bridgehead atoms. The van der Waals surface area contributed by atoms with E-state index in [1.807, 2.05) is 42.5 Å². The van der Waals surface area contributed by atoms with E-state index in [9.17, 15) is 0 Å². The van der Waals surface area contributed by atoms with Crippen molar-refractivity contribution < 1.29 is 8.83 Å². The van der Waals surface area contributed by atoms with Gasteiger partial charge in [-0.3, -0.25) is 0 Å². The molecule has 66 heavy (non-hydrogen) atoms. The third-order valence-electron chi connectivity index (χ3n) is 13.0. The van der Waals surface area contributed by atoms with Gasteiger partial charge in [0.2, 0.25) is 0 Å². The molecular formula is C61H39N3O2. The van der Waals surface area contributed by atoms with Gasteiger partial charge in [0.25, 0.3) is 0 Å². The first kappa shape index (κ1) is 37.8. The second kappa shape index (κ2) is 15.5. The molecule has 1 aliphatic rings. The number of allylic oxidation sites excluding steroid dienone is 1. The normalized spacial score (nSPS) is 12.4. The molecule has 0 N–H and O–H groups in total. The van der Waals surface area contributed by atoms with Gasteiger partial charge in [0, 0.05) is 43.8 Å². The maximum atomic E-state index is 6.92. The van der Waals surface area contributed by atoms with Crippen LogP contribution >= 0.6 is 0 Å². The average Bonchev–Trinajstić information content (AvgIpc) is 3.98. The molecule has 310 valence electrons. The van der Waals surface area contributed by atoms with E-state index in [2.05, 4.69) is 170 Å². The summed E-state index contributed by atoms with van der Waals surface area (Å²) in [6, 6.07) is 70.0. The van der Waals surface area contributed by atoms with Crippen LogP contribution in [0.25, 0.3) is 129 Å². The van der Waals surface area contributed by atoms with Crippen LogP contribution < -0.4 is 0 Å². The van der Waals surface area contributed by atoms with Crippen molar-refractivity contribution in [2.45, 2.75) is 12.8 Å². The Balaban J connectivity index is 1.00. The molecule has 0 fully saturated rings. The zero-order valence-corrected chi connectivity index (χ0v) is 35.8. The Hall–Kier alpha value is -8.67. The summed E-state index contributed by atoms with van der Waals surface area (Å²) in [6.45, 7) is 0. The highest BCUT2D eigenvalue weighted by Crippen LogP contribution is 2.43. The Morgan fingerprint density at radius 2 is 0.879 bits per heavy atom. The highest BCUT2D eigenvalue weighted by molar-refractivity contribution is 6.15. The van der Waals surface area contributed by atoms with Crippen LogP contribution in [0, 0.1) is 0 Å². The summed E-state index contributed by atoms with van der Waals surface area (Å²) in [5, 5.41) is 3.92. The maximum absolute atomic E-state index is 6.92. The lowest BCUT2D eigenvalue weighted by atomic mass is 9.89. The van der Waals surface area contributed by atoms with Gasteiger partial charge in [-0.25, -0.2) is 15.0 Å². The summed E-state index contributed by atoms with van der Waals surface area (Å²) >= 11 is 0. The number of para-hydroxylation sites is 2. The molecule has 5 heteroatoms. The smallest absolute Gasteiger partial charge is 0.164 e. The Kier molecular flexibility index (Phi) is 8.91. The molecule has 3 heterocycles. The van der Waals surface area contributed by atoms with Crippen LogP contribution in [-0.4, -0.2) is 15.0 Å². The van der Waals surface area contributed by atoms with Gasteiger partial charge in [-0.05, 0) is 99.3 Å². The van der Waals surface area contributed by atoms with Gasteiger partial charge in [0.1, 0.15) is 22.3 Å². The molecule has 3 aromatic heterocycles. The molecule has 12 aromatic rings. The number of fused-ring (bicyclic) bond motifs is 7. The molecular weight excluding hydrogens is 807 g/mol. The fourth-order valence-electron chi connectivity index (χ4n) is 9.89. The minimum Gasteiger partial charge on any atom is -0.456 e. The lowest BCUT2D eigenvalue weighted by Gasteiger charge is -2.16. The first-order valence-electron chi connectivity index (χ1n) is 22.5. The van der Waals surface area contributed by atoms with Gasteiger partial charge in [-0.15, -0.1) is 0 Å². The van der Waals surface area contributed by atoms with Crippen molar-refractivity contribution in [3.8, 4) is 78.7 Å². The van der Waals surface area contributed by atoms with Gasteiger partial charge in [-0.1, -0.05) is 176 Å². The quantitative estimate of drug-likeness (QED) is 0.160. The number of benzene rings is 9. The Labute approximate surface area is 381 Å². The van der Waals surface area contributed by atoms with Crippen molar-refractivity contribution in [3.05, 3.63) is 217 Å². The first-order valence-corrected chi connectivity index (χ1v) is 22.5. The van der Waals surface area contributed by atoms with E-state index in [-0.39, 0.29) is 0 Å². The number of aromatic nitrogens is 3. The monoisotopic (exact) mass is 845 g/mol. The van der Waals surface area contributed by atoms with Gasteiger partial charge >= 0.3 is 0 Å². The molecule has 0 atom stereocenters. The van der Waals surface area contributed by atoms with Crippen LogP contribution in [0.15, 0.2) is 215 Å². The van der Waals surface area contributed by atoms with E-state index >= 15 is 0 Å². The van der Waals surface area contributed by atoms with Crippen molar-refractivity contribution in [3.63, 3.8) is 0 Å². The second-order valence-corrected chi connectivity index (χ2v) is 17.0. The third kappa shape index (κ3) is 6.43. The Morgan fingerprint density at radius 1 is 0.348 bits per heavy atom. The molecule has 0 saturated heterocycles. The third-order valence-corrected chi connectivity index (χ3v) is 13.0. The predicted molar refractivity (Wildman–Crippen MR) is 270 cm³/mol. The summed E-state index contributed by atoms with van der Waals surface area (Å²) in [6.07, 6.45) is 6.58. The minimum absolute atomic E-state index is 0.559. The lowest BCUT2D eigenvalue weighted by molar-refractivity contribution is 0.669. The Bertz CT molecular complexity index is 3810. The van der Waals surface area contributed by atoms with Gasteiger partial charge in [0.15, 0.2) is 17.5 Å². The minimum atomic E-state index is 0.559. The summed E-state index contributed by atoms with van der Waals surface area (Å²) in [7, 11) is 0. The molecule has 13 rings (SSSR count). The fourth-order valence-corrected chi connectivity index (χ4v) is 9.89. The zero-order chi connectivity index (χ0) is 43.6. The lowest BCUT2D eigenvalue weighted by Crippen LogP contribution is -2.01. The van der Waals surface area contributed by atoms with Crippen molar-refractivity contribution >= 4 is 50.0 Å². The van der Waals surface area contributed by atoms with Crippen molar-refractivity contribution in [1.29, 1.82) is 0 Å². The topological polar surface area (TPSA) is 65.0 Å². The largest absolute Gasteiger partial charge is 0.456 e. The van der Waals surface area contributed by atoms with E-state index in [4.69, 9.17) is 23.8 Å². The standard InChI is InChI=1S/C61H39N3O2/c1-3-15-38(16-4-1)43-35-44(39-17-5-2-6-18-39)37-45(36-43)48-24-12-25-50-57-52(27-14-30-55(57)66-58(48)50)61-63-59(42-33-31-41(32-34-42)47-23-11-20-40-19-7-8-21-46(40)47)62-60(64-61)51-26-13-29-54-56(51)49-22-9-10-28-53(49)65-54/h1-7,9-20,22-37H,8,21H2. The van der Waals surface area contributed by atoms with E-state index in [1.54, 1.807) is 0 Å². The first-order chi connectivity index (χ1) is 32.7. The van der Waals surface area contributed by atoms with Crippen LogP contribution in [0.4, 0.5) is 0 Å². The van der Waals surface area contributed by atoms with Crippen LogP contribution in [-0.2, 0) is 6.42 Å². The average molecular weight is 846 g/mol. The number of furan rings is 2. The highest BCUT2D eigenvalue weighted by atomic mass is 16.3. The summed E-state index contributed by atoms with van der Waals surface area (Å²) in [4.78, 5) is 15.9. The van der Waals surface area contributed by atoms with E-state index in [0.29, 0.717) is 17.5 Å². The van der Waals surface area contributed by atoms with Crippen molar-refractivity contribution in [2.75, 3.05) is 0 Å². The molecule has 9 aromatic carbocycles. The predicted octanol–water partition coefficient (Wildman–Crippen LogP) is 16.3. The summed E-state index contributed by atoms with van der Waals surface area (Å²) in [5.74, 6) is 1.71. The number of hydrogen-bond donors (Lipinski definition) is 0. The number of rotatable bonds is 7. The summed E-state index contributed by atoms with van der Waals surface area (Å²) in [5.41, 5.74) is 17.6. The van der Waals surface area contributed by atoms with E-state index < -0.39 is 0 Å². The van der Waals surface area contributed by atoms with Crippen molar-refractivity contribution in [2.24, 2.45) is 0 Å². The van der Waals surface area contributed by atoms with E-state index in [1.165, 1.54) is 22.3 Å². The molecule has 0 unspecified atom stereocenters. The van der Waals surface area contributed by atoms with Gasteiger partial charge < -0.3 is 8.83 Å². The molecule has 0 saturated carbocycles. The summed E-state index contributed by atoms with van der Waals surface area (Å²) < 4.78 is 13.3. The van der Waals surface area contributed by atoms with E-state index in [0.717, 1.165) is 107 Å². The zero-order valence-electron chi connectivity index (χ0n) is 35.8. The van der Waals surface area contributed by atoms with Gasteiger partial charge in [-0.2, -0.15) is 0 Å². The highest BCUT2D eigenvalue weighted by Gasteiger charge is 2.22. The van der Waals surface area contributed by atoms with Crippen molar-refractivity contribution in [1.82, 2.24) is 15.0 Å². The molecule has 5 nitrogen and oxygen atoms in total. The molecule has 0 spiro atoms. The van der Waals surface area contributed by atoms with Gasteiger partial charge in [0.05, 0.1) is 0 Å². The SMILES string of the molecule is C1=Cc2cccc(-c3ccc(-c4nc(-c5cccc6oc7ccccc7c56)nc(-c5cccc6oc7c(-c8cc(-c9ccccc9)cc(-c9ccccc9)c8)cccc7c56)n4)cc3)c2CC1. The van der Waals surface area contributed by atoms with Crippen LogP contribution in [0.2, 0.25) is 0 Å². The molecule has 0 amide bonds. The molecule has 0 radical (unpaired) electrons.